The van der Waals surface area contributed by atoms with Crippen molar-refractivity contribution in [3.8, 4) is 23.0 Å². The number of aromatic hydroxyl groups is 2. The number of carbonyl (C=O) groups excluding carboxylic acids is 1. The van der Waals surface area contributed by atoms with Gasteiger partial charge in [-0.3, -0.25) is 4.79 Å². The number of rotatable bonds is 7. The Balaban J connectivity index is 1.60. The quantitative estimate of drug-likeness (QED) is 0.425. The Kier molecular flexibility index (Phi) is 7.25. The molecule has 0 aliphatic carbocycles. The van der Waals surface area contributed by atoms with E-state index in [0.29, 0.717) is 18.1 Å². The second-order valence-electron chi connectivity index (χ2n) is 9.60. The van der Waals surface area contributed by atoms with Crippen LogP contribution in [0.5, 0.6) is 23.0 Å². The highest BCUT2D eigenvalue weighted by Gasteiger charge is 2.30. The van der Waals surface area contributed by atoms with Gasteiger partial charge in [0.05, 0.1) is 6.04 Å². The van der Waals surface area contributed by atoms with Gasteiger partial charge in [0, 0.05) is 24.1 Å². The molecule has 2 N–H and O–H groups in total. The smallest absolute Gasteiger partial charge is 0.225 e. The molecule has 2 atom stereocenters. The van der Waals surface area contributed by atoms with Crippen molar-refractivity contribution in [2.24, 2.45) is 5.92 Å². The van der Waals surface area contributed by atoms with Crippen molar-refractivity contribution < 1.29 is 24.5 Å². The average Bonchev–Trinajstić information content (AvgIpc) is 2.86. The normalized spacial score (nSPS) is 15.8. The molecule has 3 aromatic carbocycles. The molecule has 0 radical (unpaired) electrons. The molecule has 6 nitrogen and oxygen atoms in total. The number of hydrogen-bond donors (Lipinski definition) is 2. The van der Waals surface area contributed by atoms with E-state index in [-0.39, 0.29) is 29.4 Å². The summed E-state index contributed by atoms with van der Waals surface area (Å²) in [5.41, 5.74) is 4.48. The number of phenolic OH excluding ortho intramolecular Hbond substituents is 2. The van der Waals surface area contributed by atoms with Crippen LogP contribution in [0.2, 0.25) is 0 Å². The molecule has 1 aliphatic heterocycles. The number of amides is 1. The highest BCUT2D eigenvalue weighted by molar-refractivity contribution is 5.95. The van der Waals surface area contributed by atoms with Crippen molar-refractivity contribution in [3.63, 3.8) is 0 Å². The highest BCUT2D eigenvalue weighted by Crippen LogP contribution is 2.47. The predicted octanol–water partition coefficient (Wildman–Crippen LogP) is 6.04. The molecule has 0 saturated carbocycles. The van der Waals surface area contributed by atoms with Crippen LogP contribution in [0.15, 0.2) is 66.7 Å². The molecular weight excluding hydrogens is 454 g/mol. The van der Waals surface area contributed by atoms with E-state index in [9.17, 15) is 15.0 Å². The molecule has 1 aliphatic rings. The molecule has 188 valence electrons. The highest BCUT2D eigenvalue weighted by atomic mass is 16.5. The van der Waals surface area contributed by atoms with Crippen LogP contribution >= 0.6 is 0 Å². The lowest BCUT2D eigenvalue weighted by atomic mass is 9.86. The van der Waals surface area contributed by atoms with E-state index in [2.05, 4.69) is 0 Å². The zero-order valence-electron chi connectivity index (χ0n) is 21.4. The molecule has 0 spiro atoms. The van der Waals surface area contributed by atoms with E-state index < -0.39 is 6.10 Å². The largest absolute Gasteiger partial charge is 0.508 e. The number of benzene rings is 3. The van der Waals surface area contributed by atoms with E-state index in [1.54, 1.807) is 48.3 Å². The minimum Gasteiger partial charge on any atom is -0.508 e. The molecule has 1 amide bonds. The van der Waals surface area contributed by atoms with Crippen LogP contribution < -0.4 is 9.47 Å². The van der Waals surface area contributed by atoms with Gasteiger partial charge in [0.25, 0.3) is 0 Å². The first-order chi connectivity index (χ1) is 17.2. The molecule has 2 unspecified atom stereocenters. The summed E-state index contributed by atoms with van der Waals surface area (Å²) in [7, 11) is 1.80. The summed E-state index contributed by atoms with van der Waals surface area (Å²) in [4.78, 5) is 14.0. The maximum atomic E-state index is 12.2. The number of likely N-dealkylation sites (N-methyl/N-ethyl adjacent to an activating group) is 1. The van der Waals surface area contributed by atoms with Crippen LogP contribution in [0, 0.1) is 5.92 Å². The molecule has 0 fully saturated rings. The fourth-order valence-electron chi connectivity index (χ4n) is 4.41. The van der Waals surface area contributed by atoms with Crippen molar-refractivity contribution in [1.29, 1.82) is 0 Å². The van der Waals surface area contributed by atoms with Crippen LogP contribution in [0.3, 0.4) is 0 Å². The van der Waals surface area contributed by atoms with E-state index in [4.69, 9.17) is 9.47 Å². The van der Waals surface area contributed by atoms with Gasteiger partial charge in [0.2, 0.25) is 5.91 Å². The Morgan fingerprint density at radius 2 is 1.69 bits per heavy atom. The molecule has 6 heteroatoms. The maximum Gasteiger partial charge on any atom is 0.225 e. The van der Waals surface area contributed by atoms with E-state index in [0.717, 1.165) is 27.8 Å². The third kappa shape index (κ3) is 5.18. The number of ether oxygens (including phenoxy) is 2. The monoisotopic (exact) mass is 487 g/mol. The van der Waals surface area contributed by atoms with Gasteiger partial charge >= 0.3 is 0 Å². The van der Waals surface area contributed by atoms with Crippen molar-refractivity contribution in [3.05, 3.63) is 83.4 Å². The molecule has 0 aromatic heterocycles. The number of nitrogens with zero attached hydrogens (tertiary/aromatic N) is 1. The van der Waals surface area contributed by atoms with Crippen LogP contribution in [-0.4, -0.2) is 40.7 Å². The minimum atomic E-state index is -0.411. The lowest BCUT2D eigenvalue weighted by molar-refractivity contribution is -0.135. The Hall–Kier alpha value is -3.93. The minimum absolute atomic E-state index is 0.0569. The van der Waals surface area contributed by atoms with Gasteiger partial charge in [-0.1, -0.05) is 38.1 Å². The second kappa shape index (κ2) is 10.4. The van der Waals surface area contributed by atoms with Crippen molar-refractivity contribution in [1.82, 2.24) is 4.90 Å². The number of fused-ring (bicyclic) bond motifs is 1. The topological polar surface area (TPSA) is 79.2 Å². The van der Waals surface area contributed by atoms with E-state index >= 15 is 0 Å². The lowest BCUT2D eigenvalue weighted by Gasteiger charge is -2.31. The van der Waals surface area contributed by atoms with Crippen molar-refractivity contribution in [2.45, 2.75) is 39.8 Å². The number of allylic oxidation sites excluding steroid dienone is 1. The average molecular weight is 488 g/mol. The molecule has 0 saturated heterocycles. The molecule has 1 heterocycles. The number of hydrogen-bond acceptors (Lipinski definition) is 5. The Bertz CT molecular complexity index is 1280. The third-order valence-corrected chi connectivity index (χ3v) is 6.61. The summed E-state index contributed by atoms with van der Waals surface area (Å²) < 4.78 is 12.4. The fourth-order valence-corrected chi connectivity index (χ4v) is 4.41. The Labute approximate surface area is 212 Å². The van der Waals surface area contributed by atoms with Crippen LogP contribution in [0.25, 0.3) is 11.1 Å². The zero-order valence-corrected chi connectivity index (χ0v) is 21.4. The Morgan fingerprint density at radius 1 is 1.00 bits per heavy atom. The zero-order chi connectivity index (χ0) is 26.0. The summed E-state index contributed by atoms with van der Waals surface area (Å²) in [6.45, 7) is 8.14. The van der Waals surface area contributed by atoms with Gasteiger partial charge in [0.1, 0.15) is 35.7 Å². The predicted molar refractivity (Wildman–Crippen MR) is 141 cm³/mol. The van der Waals surface area contributed by atoms with Crippen LogP contribution in [0.1, 0.15) is 50.5 Å². The van der Waals surface area contributed by atoms with Gasteiger partial charge in [0.15, 0.2) is 0 Å². The second-order valence-corrected chi connectivity index (χ2v) is 9.60. The maximum absolute atomic E-state index is 12.2. The summed E-state index contributed by atoms with van der Waals surface area (Å²) in [5.74, 6) is 1.77. The fraction of sp³-hybridized carbons (Fsp3) is 0.300. The van der Waals surface area contributed by atoms with Gasteiger partial charge in [-0.05, 0) is 73.0 Å². The van der Waals surface area contributed by atoms with E-state index in [1.807, 2.05) is 58.0 Å². The summed E-state index contributed by atoms with van der Waals surface area (Å²) in [6.07, 6.45) is -0.411. The first kappa shape index (κ1) is 25.2. The SMILES string of the molecule is CC1=C(c2cccc(O)c2)C(c2ccc(OCC(C)N(C)C(=O)C(C)C)cc2)Oc2ccc(O)cc21. The number of phenols is 2. The molecular formula is C30H33NO5. The summed E-state index contributed by atoms with van der Waals surface area (Å²) in [6, 6.07) is 19.9. The van der Waals surface area contributed by atoms with Crippen molar-refractivity contribution in [2.75, 3.05) is 13.7 Å². The molecule has 4 rings (SSSR count). The van der Waals surface area contributed by atoms with E-state index in [1.165, 1.54) is 0 Å². The van der Waals surface area contributed by atoms with Gasteiger partial charge in [-0.25, -0.2) is 0 Å². The van der Waals surface area contributed by atoms with Crippen molar-refractivity contribution >= 4 is 17.1 Å². The third-order valence-electron chi connectivity index (χ3n) is 6.61. The van der Waals surface area contributed by atoms with Gasteiger partial charge in [-0.15, -0.1) is 0 Å². The standard InChI is InChI=1S/C30H33NO5/c1-18(2)30(34)31(5)19(3)17-35-25-12-9-21(10-13-25)29-28(22-7-6-8-23(32)15-22)20(4)26-16-24(33)11-14-27(26)36-29/h6-16,18-19,29,32-33H,17H2,1-5H3. The first-order valence-electron chi connectivity index (χ1n) is 12.2. The molecule has 36 heavy (non-hydrogen) atoms. The van der Waals surface area contributed by atoms with Gasteiger partial charge < -0.3 is 24.6 Å². The van der Waals surface area contributed by atoms with Crippen LogP contribution in [-0.2, 0) is 4.79 Å². The van der Waals surface area contributed by atoms with Gasteiger partial charge in [-0.2, -0.15) is 0 Å². The summed E-state index contributed by atoms with van der Waals surface area (Å²) in [5, 5.41) is 20.2. The summed E-state index contributed by atoms with van der Waals surface area (Å²) >= 11 is 0. The number of carbonyl (C=O) groups is 1. The first-order valence-corrected chi connectivity index (χ1v) is 12.2. The lowest BCUT2D eigenvalue weighted by Crippen LogP contribution is -2.40. The molecule has 0 bridgehead atoms. The van der Waals surface area contributed by atoms with Crippen LogP contribution in [0.4, 0.5) is 0 Å². The molecule has 3 aromatic rings. The Morgan fingerprint density at radius 3 is 2.36 bits per heavy atom.